The summed E-state index contributed by atoms with van der Waals surface area (Å²) in [7, 11) is 3.62. The van der Waals surface area contributed by atoms with Crippen LogP contribution in [0.2, 0.25) is 0 Å². The Hall–Kier alpha value is -2.66. The molecule has 1 amide bonds. The largest absolute Gasteiger partial charge is 0.416 e. The molecule has 37 heavy (non-hydrogen) atoms. The van der Waals surface area contributed by atoms with Crippen LogP contribution in [0, 0.1) is 11.7 Å². The molecule has 0 radical (unpaired) electrons. The molecular formula is C26H29F7N2O2. The van der Waals surface area contributed by atoms with E-state index in [-0.39, 0.29) is 36.6 Å². The second-order valence-electron chi connectivity index (χ2n) is 9.47. The van der Waals surface area contributed by atoms with Crippen molar-refractivity contribution in [1.82, 2.24) is 9.80 Å². The molecule has 1 heterocycles. The van der Waals surface area contributed by atoms with Crippen molar-refractivity contribution in [2.24, 2.45) is 5.92 Å². The monoisotopic (exact) mass is 534 g/mol. The van der Waals surface area contributed by atoms with E-state index in [2.05, 4.69) is 4.90 Å². The number of likely N-dealkylation sites (N-methyl/N-ethyl adjacent to an activating group) is 1. The van der Waals surface area contributed by atoms with Crippen LogP contribution in [0.1, 0.15) is 41.0 Å². The lowest BCUT2D eigenvalue weighted by atomic mass is 9.94. The third-order valence-electron chi connectivity index (χ3n) is 6.51. The summed E-state index contributed by atoms with van der Waals surface area (Å²) in [5.41, 5.74) is -2.49. The smallest absolute Gasteiger partial charge is 0.376 e. The summed E-state index contributed by atoms with van der Waals surface area (Å²) >= 11 is 0. The van der Waals surface area contributed by atoms with Crippen LogP contribution in [0.5, 0.6) is 0 Å². The molecule has 1 aliphatic heterocycles. The first kappa shape index (κ1) is 28.9. The Morgan fingerprint density at radius 3 is 2.05 bits per heavy atom. The highest BCUT2D eigenvalue weighted by molar-refractivity contribution is 5.78. The van der Waals surface area contributed by atoms with Crippen molar-refractivity contribution in [2.75, 3.05) is 40.3 Å². The molecule has 0 bridgehead atoms. The third kappa shape index (κ3) is 8.16. The maximum atomic E-state index is 13.5. The number of nitrogens with zero attached hydrogens (tertiary/aromatic N) is 2. The molecule has 0 saturated carbocycles. The van der Waals surface area contributed by atoms with E-state index in [1.165, 1.54) is 24.3 Å². The Morgan fingerprint density at radius 1 is 1.00 bits per heavy atom. The molecule has 0 aliphatic carbocycles. The van der Waals surface area contributed by atoms with Gasteiger partial charge in [0.1, 0.15) is 5.82 Å². The van der Waals surface area contributed by atoms with E-state index < -0.39 is 41.8 Å². The van der Waals surface area contributed by atoms with Crippen molar-refractivity contribution < 1.29 is 40.3 Å². The summed E-state index contributed by atoms with van der Waals surface area (Å²) in [6.07, 6.45) is -8.48. The Balaban J connectivity index is 1.73. The topological polar surface area (TPSA) is 32.8 Å². The summed E-state index contributed by atoms with van der Waals surface area (Å²) in [5.74, 6) is -1.13. The highest BCUT2D eigenvalue weighted by Crippen LogP contribution is 2.36. The van der Waals surface area contributed by atoms with Gasteiger partial charge in [-0.1, -0.05) is 12.1 Å². The molecule has 0 spiro atoms. The molecule has 3 rings (SSSR count). The molecule has 11 heteroatoms. The third-order valence-corrected chi connectivity index (χ3v) is 6.51. The van der Waals surface area contributed by atoms with Gasteiger partial charge in [0.25, 0.3) is 0 Å². The summed E-state index contributed by atoms with van der Waals surface area (Å²) in [6.45, 7) is 1.18. The molecule has 1 saturated heterocycles. The summed E-state index contributed by atoms with van der Waals surface area (Å²) < 4.78 is 98.0. The fraction of sp³-hybridized carbons (Fsp3) is 0.500. The Morgan fingerprint density at radius 2 is 1.54 bits per heavy atom. The van der Waals surface area contributed by atoms with Gasteiger partial charge < -0.3 is 14.5 Å². The average Bonchev–Trinajstić information content (AvgIpc) is 2.82. The maximum absolute atomic E-state index is 13.5. The van der Waals surface area contributed by atoms with Gasteiger partial charge in [-0.2, -0.15) is 26.3 Å². The minimum absolute atomic E-state index is 0.0482. The number of ether oxygens (including phenoxy) is 1. The average molecular weight is 535 g/mol. The van der Waals surface area contributed by atoms with Gasteiger partial charge in [-0.15, -0.1) is 0 Å². The summed E-state index contributed by atoms with van der Waals surface area (Å²) in [5, 5.41) is 0. The summed E-state index contributed by atoms with van der Waals surface area (Å²) in [4.78, 5) is 16.7. The van der Waals surface area contributed by atoms with Crippen LogP contribution >= 0.6 is 0 Å². The number of alkyl halides is 6. The number of likely N-dealkylation sites (tertiary alicyclic amines) is 1. The molecule has 1 unspecified atom stereocenters. The molecular weight excluding hydrogens is 505 g/mol. The number of halogens is 7. The fourth-order valence-electron chi connectivity index (χ4n) is 4.40. The van der Waals surface area contributed by atoms with Crippen molar-refractivity contribution in [2.45, 2.75) is 37.7 Å². The minimum atomic E-state index is -4.95. The van der Waals surface area contributed by atoms with Crippen LogP contribution in [0.4, 0.5) is 30.7 Å². The van der Waals surface area contributed by atoms with Crippen LogP contribution in [-0.4, -0.2) is 56.0 Å². The Bertz CT molecular complexity index is 1010. The molecule has 4 nitrogen and oxygen atoms in total. The molecule has 0 N–H and O–H groups in total. The number of hydrogen-bond acceptors (Lipinski definition) is 3. The SMILES string of the molecule is CN1CCC(C(=O)N(C)CC(COCc2cc(C(F)(F)F)cc(C(F)(F)F)c2)c2ccc(F)cc2)CC1. The Kier molecular flexibility index (Phi) is 9.22. The Labute approximate surface area is 211 Å². The lowest BCUT2D eigenvalue weighted by molar-refractivity contribution is -0.143. The van der Waals surface area contributed by atoms with Gasteiger partial charge in [0, 0.05) is 25.4 Å². The van der Waals surface area contributed by atoms with Crippen molar-refractivity contribution in [3.8, 4) is 0 Å². The van der Waals surface area contributed by atoms with Crippen LogP contribution < -0.4 is 0 Å². The predicted octanol–water partition coefficient (Wildman–Crippen LogP) is 5.96. The van der Waals surface area contributed by atoms with E-state index in [0.717, 1.165) is 13.1 Å². The van der Waals surface area contributed by atoms with E-state index in [4.69, 9.17) is 4.74 Å². The normalized spacial score (nSPS) is 16.6. The zero-order chi connectivity index (χ0) is 27.4. The fourth-order valence-corrected chi connectivity index (χ4v) is 4.40. The number of piperidine rings is 1. The number of carbonyl (C=O) groups is 1. The maximum Gasteiger partial charge on any atom is 0.416 e. The first-order valence-corrected chi connectivity index (χ1v) is 11.8. The first-order valence-electron chi connectivity index (χ1n) is 11.8. The highest BCUT2D eigenvalue weighted by Gasteiger charge is 2.37. The zero-order valence-electron chi connectivity index (χ0n) is 20.5. The van der Waals surface area contributed by atoms with Crippen molar-refractivity contribution in [1.29, 1.82) is 0 Å². The quantitative estimate of drug-likeness (QED) is 0.392. The van der Waals surface area contributed by atoms with Gasteiger partial charge in [0.05, 0.1) is 24.3 Å². The standard InChI is InChI=1S/C26H29F7N2O2/c1-34-9-7-19(8-10-34)24(36)35(2)14-20(18-3-5-23(27)6-4-18)16-37-15-17-11-21(25(28,29)30)13-22(12-17)26(31,32)33/h3-6,11-13,19-20H,7-10,14-16H2,1-2H3. The van der Waals surface area contributed by atoms with Crippen LogP contribution in [0.3, 0.4) is 0 Å². The lowest BCUT2D eigenvalue weighted by Gasteiger charge is -2.32. The van der Waals surface area contributed by atoms with E-state index in [0.29, 0.717) is 30.5 Å². The molecule has 1 atom stereocenters. The van der Waals surface area contributed by atoms with E-state index >= 15 is 0 Å². The van der Waals surface area contributed by atoms with Gasteiger partial charge in [0.2, 0.25) is 5.91 Å². The van der Waals surface area contributed by atoms with Gasteiger partial charge in [-0.25, -0.2) is 4.39 Å². The van der Waals surface area contributed by atoms with Crippen LogP contribution in [-0.2, 0) is 28.5 Å². The van der Waals surface area contributed by atoms with Crippen molar-refractivity contribution in [3.63, 3.8) is 0 Å². The predicted molar refractivity (Wildman–Crippen MR) is 123 cm³/mol. The number of benzene rings is 2. The van der Waals surface area contributed by atoms with Gasteiger partial charge in [-0.05, 0) is 74.4 Å². The van der Waals surface area contributed by atoms with Crippen molar-refractivity contribution >= 4 is 5.91 Å². The molecule has 204 valence electrons. The number of hydrogen-bond donors (Lipinski definition) is 0. The van der Waals surface area contributed by atoms with Gasteiger partial charge in [0.15, 0.2) is 0 Å². The highest BCUT2D eigenvalue weighted by atomic mass is 19.4. The number of amides is 1. The second-order valence-corrected chi connectivity index (χ2v) is 9.47. The first-order chi connectivity index (χ1) is 17.2. The van der Waals surface area contributed by atoms with E-state index in [1.807, 2.05) is 7.05 Å². The second kappa shape index (κ2) is 11.8. The molecule has 0 aromatic heterocycles. The van der Waals surface area contributed by atoms with Crippen LogP contribution in [0.15, 0.2) is 42.5 Å². The zero-order valence-corrected chi connectivity index (χ0v) is 20.5. The molecule has 2 aromatic carbocycles. The van der Waals surface area contributed by atoms with E-state index in [1.54, 1.807) is 11.9 Å². The van der Waals surface area contributed by atoms with Crippen molar-refractivity contribution in [3.05, 3.63) is 70.5 Å². The van der Waals surface area contributed by atoms with Gasteiger partial charge >= 0.3 is 12.4 Å². The molecule has 1 fully saturated rings. The minimum Gasteiger partial charge on any atom is -0.376 e. The summed E-state index contributed by atoms with van der Waals surface area (Å²) in [6, 6.07) is 6.82. The molecule has 2 aromatic rings. The van der Waals surface area contributed by atoms with Gasteiger partial charge in [-0.3, -0.25) is 4.79 Å². The van der Waals surface area contributed by atoms with Crippen LogP contribution in [0.25, 0.3) is 0 Å². The van der Waals surface area contributed by atoms with E-state index in [9.17, 15) is 35.5 Å². The lowest BCUT2D eigenvalue weighted by Crippen LogP contribution is -2.41. The number of carbonyl (C=O) groups excluding carboxylic acids is 1. The number of rotatable bonds is 8. The molecule has 1 aliphatic rings.